The van der Waals surface area contributed by atoms with Gasteiger partial charge in [0.1, 0.15) is 12.6 Å². The maximum atomic E-state index is 11.6. The molecular formula is C10H13N3O5S. The average Bonchev–Trinajstić information content (AvgIpc) is 2.59. The van der Waals surface area contributed by atoms with E-state index in [9.17, 15) is 19.2 Å². The first-order valence-corrected chi connectivity index (χ1v) is 6.14. The zero-order valence-corrected chi connectivity index (χ0v) is 10.9. The van der Waals surface area contributed by atoms with Crippen LogP contribution in [0.15, 0.2) is 10.2 Å². The summed E-state index contributed by atoms with van der Waals surface area (Å²) in [5.74, 6) is -2.87. The molecule has 1 aromatic rings. The van der Waals surface area contributed by atoms with Crippen molar-refractivity contribution in [3.8, 4) is 0 Å². The third kappa shape index (κ3) is 4.21. The van der Waals surface area contributed by atoms with Gasteiger partial charge in [-0.15, -0.1) is 0 Å². The number of amides is 2. The fourth-order valence-electron chi connectivity index (χ4n) is 1.38. The molecule has 1 unspecified atom stereocenters. The fourth-order valence-corrected chi connectivity index (χ4v) is 2.12. The van der Waals surface area contributed by atoms with Crippen LogP contribution in [0.1, 0.15) is 12.1 Å². The Morgan fingerprint density at radius 3 is 2.58 bits per heavy atom. The van der Waals surface area contributed by atoms with Crippen molar-refractivity contribution in [1.82, 2.24) is 9.88 Å². The van der Waals surface area contributed by atoms with Gasteiger partial charge in [-0.25, -0.2) is 4.79 Å². The topological polar surface area (TPSA) is 131 Å². The summed E-state index contributed by atoms with van der Waals surface area (Å²) >= 11 is 0.946. The summed E-state index contributed by atoms with van der Waals surface area (Å²) in [7, 11) is 0. The first-order valence-electron chi connectivity index (χ1n) is 5.26. The summed E-state index contributed by atoms with van der Waals surface area (Å²) in [6.07, 6.45) is -0.501. The van der Waals surface area contributed by atoms with Crippen LogP contribution in [0.3, 0.4) is 0 Å². The molecule has 1 rings (SSSR count). The zero-order valence-electron chi connectivity index (χ0n) is 10.1. The largest absolute Gasteiger partial charge is 0.480 e. The Kier molecular flexibility index (Phi) is 4.81. The Bertz CT molecular complexity index is 562. The number of aliphatic carboxylic acids is 1. The Morgan fingerprint density at radius 2 is 2.16 bits per heavy atom. The van der Waals surface area contributed by atoms with Crippen LogP contribution in [0.5, 0.6) is 0 Å². The number of hydrogen-bond acceptors (Lipinski definition) is 5. The average molecular weight is 287 g/mol. The Balaban J connectivity index is 2.71. The highest BCUT2D eigenvalue weighted by Crippen LogP contribution is 1.99. The molecule has 0 bridgehead atoms. The number of nitrogens with zero attached hydrogens (tertiary/aromatic N) is 1. The van der Waals surface area contributed by atoms with Crippen LogP contribution in [0.25, 0.3) is 0 Å². The SMILES string of the molecule is Cc1csc(=O)n1CC(=O)NC(CC(N)=O)C(=O)O. The van der Waals surface area contributed by atoms with Crippen molar-refractivity contribution >= 4 is 29.1 Å². The molecule has 104 valence electrons. The maximum Gasteiger partial charge on any atom is 0.326 e. The molecule has 1 heterocycles. The van der Waals surface area contributed by atoms with E-state index in [1.807, 2.05) is 0 Å². The van der Waals surface area contributed by atoms with E-state index in [4.69, 9.17) is 10.8 Å². The van der Waals surface area contributed by atoms with Crippen molar-refractivity contribution < 1.29 is 19.5 Å². The molecular weight excluding hydrogens is 274 g/mol. The molecule has 4 N–H and O–H groups in total. The summed E-state index contributed by atoms with van der Waals surface area (Å²) < 4.78 is 1.21. The van der Waals surface area contributed by atoms with Crippen molar-refractivity contribution in [2.24, 2.45) is 5.73 Å². The lowest BCUT2D eigenvalue weighted by Gasteiger charge is -2.13. The zero-order chi connectivity index (χ0) is 14.6. The van der Waals surface area contributed by atoms with Crippen molar-refractivity contribution in [2.45, 2.75) is 25.9 Å². The number of aromatic nitrogens is 1. The van der Waals surface area contributed by atoms with Gasteiger partial charge in [-0.05, 0) is 6.92 Å². The molecule has 0 fully saturated rings. The van der Waals surface area contributed by atoms with Gasteiger partial charge >= 0.3 is 10.8 Å². The standard InChI is InChI=1S/C10H13N3O5S/c1-5-4-19-10(18)13(5)3-8(15)12-6(9(16)17)2-7(11)14/h4,6H,2-3H2,1H3,(H2,11,14)(H,12,15)(H,16,17). The molecule has 8 nitrogen and oxygen atoms in total. The van der Waals surface area contributed by atoms with Gasteiger partial charge in [0.05, 0.1) is 6.42 Å². The van der Waals surface area contributed by atoms with Gasteiger partial charge in [0.2, 0.25) is 11.8 Å². The predicted octanol–water partition coefficient (Wildman–Crippen LogP) is -1.34. The van der Waals surface area contributed by atoms with Gasteiger partial charge in [0.25, 0.3) is 0 Å². The minimum atomic E-state index is -1.39. The highest BCUT2D eigenvalue weighted by atomic mass is 32.1. The second-order valence-electron chi connectivity index (χ2n) is 3.86. The molecule has 0 aliphatic heterocycles. The number of carboxylic acids is 1. The van der Waals surface area contributed by atoms with Crippen LogP contribution in [0.4, 0.5) is 0 Å². The van der Waals surface area contributed by atoms with Crippen LogP contribution in [0, 0.1) is 6.92 Å². The van der Waals surface area contributed by atoms with Crippen LogP contribution in [-0.4, -0.2) is 33.5 Å². The second-order valence-corrected chi connectivity index (χ2v) is 4.68. The number of thiazole rings is 1. The Hall–Kier alpha value is -2.16. The highest BCUT2D eigenvalue weighted by molar-refractivity contribution is 7.07. The van der Waals surface area contributed by atoms with Gasteiger partial charge in [-0.1, -0.05) is 11.3 Å². The van der Waals surface area contributed by atoms with E-state index in [0.717, 1.165) is 11.3 Å². The van der Waals surface area contributed by atoms with Crippen LogP contribution >= 0.6 is 11.3 Å². The predicted molar refractivity (Wildman–Crippen MR) is 66.7 cm³/mol. The number of rotatable bonds is 6. The quantitative estimate of drug-likeness (QED) is 0.596. The summed E-state index contributed by atoms with van der Waals surface area (Å²) in [6, 6.07) is -1.39. The van der Waals surface area contributed by atoms with Crippen molar-refractivity contribution in [2.75, 3.05) is 0 Å². The lowest BCUT2D eigenvalue weighted by atomic mass is 10.2. The summed E-state index contributed by atoms with van der Waals surface area (Å²) in [4.78, 5) is 44.2. The normalized spacial score (nSPS) is 11.8. The first kappa shape index (κ1) is 14.9. The minimum absolute atomic E-state index is 0.295. The van der Waals surface area contributed by atoms with Gasteiger partial charge in [-0.2, -0.15) is 0 Å². The minimum Gasteiger partial charge on any atom is -0.480 e. The fraction of sp³-hybridized carbons (Fsp3) is 0.400. The molecule has 2 amide bonds. The lowest BCUT2D eigenvalue weighted by molar-refractivity contribution is -0.143. The molecule has 0 radical (unpaired) electrons. The van der Waals surface area contributed by atoms with E-state index in [1.165, 1.54) is 4.57 Å². The van der Waals surface area contributed by atoms with Gasteiger partial charge in [0, 0.05) is 11.1 Å². The van der Waals surface area contributed by atoms with Crippen molar-refractivity contribution in [3.05, 3.63) is 20.7 Å². The first-order chi connectivity index (χ1) is 8.81. The number of primary amides is 1. The molecule has 1 aromatic heterocycles. The Morgan fingerprint density at radius 1 is 1.53 bits per heavy atom. The van der Waals surface area contributed by atoms with E-state index < -0.39 is 30.2 Å². The smallest absolute Gasteiger partial charge is 0.326 e. The molecule has 0 aromatic carbocycles. The number of nitrogens with one attached hydrogen (secondary N) is 1. The van der Waals surface area contributed by atoms with Crippen LogP contribution < -0.4 is 15.9 Å². The number of carboxylic acid groups (broad SMARTS) is 1. The molecule has 0 aliphatic carbocycles. The second kappa shape index (κ2) is 6.14. The molecule has 0 saturated heterocycles. The van der Waals surface area contributed by atoms with E-state index in [2.05, 4.69) is 5.32 Å². The molecule has 9 heteroatoms. The number of hydrogen-bond donors (Lipinski definition) is 3. The summed E-state index contributed by atoms with van der Waals surface area (Å²) in [6.45, 7) is 1.36. The van der Waals surface area contributed by atoms with E-state index in [1.54, 1.807) is 12.3 Å². The van der Waals surface area contributed by atoms with Gasteiger partial charge in [0.15, 0.2) is 0 Å². The summed E-state index contributed by atoms with van der Waals surface area (Å²) in [5.41, 5.74) is 5.49. The van der Waals surface area contributed by atoms with Crippen LogP contribution in [-0.2, 0) is 20.9 Å². The molecule has 0 aliphatic rings. The van der Waals surface area contributed by atoms with Crippen molar-refractivity contribution in [1.29, 1.82) is 0 Å². The van der Waals surface area contributed by atoms with Crippen molar-refractivity contribution in [3.63, 3.8) is 0 Å². The Labute approximate surface area is 111 Å². The third-order valence-corrected chi connectivity index (χ3v) is 3.20. The number of nitrogens with two attached hydrogens (primary N) is 1. The number of aryl methyl sites for hydroxylation is 1. The van der Waals surface area contributed by atoms with Crippen LogP contribution in [0.2, 0.25) is 0 Å². The van der Waals surface area contributed by atoms with E-state index >= 15 is 0 Å². The number of carbonyl (C=O) groups excluding carboxylic acids is 2. The van der Waals surface area contributed by atoms with E-state index in [0.29, 0.717) is 5.69 Å². The molecule has 1 atom stereocenters. The maximum absolute atomic E-state index is 11.6. The monoisotopic (exact) mass is 287 g/mol. The summed E-state index contributed by atoms with van der Waals surface area (Å²) in [5, 5.41) is 12.6. The third-order valence-electron chi connectivity index (χ3n) is 2.32. The number of carbonyl (C=O) groups is 3. The molecule has 0 spiro atoms. The van der Waals surface area contributed by atoms with Gasteiger partial charge < -0.3 is 16.2 Å². The molecule has 19 heavy (non-hydrogen) atoms. The lowest BCUT2D eigenvalue weighted by Crippen LogP contribution is -2.45. The highest BCUT2D eigenvalue weighted by Gasteiger charge is 2.22. The molecule has 0 saturated carbocycles. The van der Waals surface area contributed by atoms with E-state index in [-0.39, 0.29) is 11.4 Å². The van der Waals surface area contributed by atoms with Gasteiger partial charge in [-0.3, -0.25) is 19.0 Å².